The van der Waals surface area contributed by atoms with Crippen LogP contribution in [0.3, 0.4) is 0 Å². The zero-order chi connectivity index (χ0) is 9.84. The van der Waals surface area contributed by atoms with Crippen LogP contribution in [0.1, 0.15) is 11.4 Å². The van der Waals surface area contributed by atoms with Gasteiger partial charge in [0.25, 0.3) is 0 Å². The molecule has 0 spiro atoms. The monoisotopic (exact) mass is 179 g/mol. The second-order valence-electron chi connectivity index (χ2n) is 2.82. The molecule has 0 aromatic carbocycles. The number of aryl methyl sites for hydroxylation is 2. The molecule has 0 fully saturated rings. The number of aromatic nitrogens is 2. The zero-order valence-corrected chi connectivity index (χ0v) is 7.87. The second-order valence-corrected chi connectivity index (χ2v) is 2.82. The Morgan fingerprint density at radius 2 is 2.54 bits per heavy atom. The van der Waals surface area contributed by atoms with Gasteiger partial charge in [-0.3, -0.25) is 9.48 Å². The lowest BCUT2D eigenvalue weighted by atomic mass is 10.3. The average Bonchev–Trinajstić information content (AvgIpc) is 2.42. The fourth-order valence-corrected chi connectivity index (χ4v) is 0.971. The third-order valence-electron chi connectivity index (χ3n) is 1.79. The van der Waals surface area contributed by atoms with Gasteiger partial charge in [0, 0.05) is 12.7 Å². The summed E-state index contributed by atoms with van der Waals surface area (Å²) in [5.74, 6) is -0.177. The number of carbonyl (C=O) groups is 1. The van der Waals surface area contributed by atoms with Gasteiger partial charge in [0.05, 0.1) is 12.2 Å². The minimum Gasteiger partial charge on any atom is -0.347 e. The van der Waals surface area contributed by atoms with E-state index in [2.05, 4.69) is 17.0 Å². The molecule has 0 saturated carbocycles. The van der Waals surface area contributed by atoms with Gasteiger partial charge < -0.3 is 5.32 Å². The Bertz CT molecular complexity index is 308. The number of hydrogen-bond acceptors (Lipinski definition) is 2. The molecule has 1 rings (SSSR count). The van der Waals surface area contributed by atoms with Crippen molar-refractivity contribution in [3.05, 3.63) is 30.1 Å². The van der Waals surface area contributed by atoms with Gasteiger partial charge in [-0.05, 0) is 19.1 Å². The first-order valence-corrected chi connectivity index (χ1v) is 4.03. The molecule has 4 nitrogen and oxygen atoms in total. The van der Waals surface area contributed by atoms with Crippen LogP contribution in [-0.4, -0.2) is 15.7 Å². The van der Waals surface area contributed by atoms with Crippen molar-refractivity contribution in [1.29, 1.82) is 0 Å². The van der Waals surface area contributed by atoms with Crippen molar-refractivity contribution in [2.24, 2.45) is 7.05 Å². The topological polar surface area (TPSA) is 46.9 Å². The molecule has 1 aromatic rings. The molecular formula is C9H13N3O. The summed E-state index contributed by atoms with van der Waals surface area (Å²) in [6.07, 6.45) is 1.25. The highest BCUT2D eigenvalue weighted by Crippen LogP contribution is 2.00. The van der Waals surface area contributed by atoms with Crippen LogP contribution in [0.2, 0.25) is 0 Å². The van der Waals surface area contributed by atoms with Crippen LogP contribution in [0.5, 0.6) is 0 Å². The number of nitrogens with zero attached hydrogens (tertiary/aromatic N) is 2. The smallest absolute Gasteiger partial charge is 0.243 e. The first-order valence-electron chi connectivity index (χ1n) is 4.03. The summed E-state index contributed by atoms with van der Waals surface area (Å²) in [4.78, 5) is 10.8. The Labute approximate surface area is 77.3 Å². The maximum atomic E-state index is 10.8. The normalized spacial score (nSPS) is 9.69. The van der Waals surface area contributed by atoms with Crippen LogP contribution in [0.25, 0.3) is 0 Å². The van der Waals surface area contributed by atoms with Crippen LogP contribution in [0, 0.1) is 6.92 Å². The summed E-state index contributed by atoms with van der Waals surface area (Å²) in [5.41, 5.74) is 1.93. The van der Waals surface area contributed by atoms with Crippen molar-refractivity contribution in [3.63, 3.8) is 0 Å². The van der Waals surface area contributed by atoms with E-state index in [-0.39, 0.29) is 5.91 Å². The number of nitrogens with one attached hydrogen (secondary N) is 1. The lowest BCUT2D eigenvalue weighted by Crippen LogP contribution is -2.20. The summed E-state index contributed by atoms with van der Waals surface area (Å²) in [6, 6.07) is 1.93. The van der Waals surface area contributed by atoms with Gasteiger partial charge in [0.15, 0.2) is 0 Å². The Morgan fingerprint density at radius 3 is 3.00 bits per heavy atom. The highest BCUT2D eigenvalue weighted by atomic mass is 16.1. The molecule has 0 aliphatic rings. The second kappa shape index (κ2) is 3.89. The summed E-state index contributed by atoms with van der Waals surface area (Å²) in [5, 5.41) is 6.84. The molecule has 0 bridgehead atoms. The molecule has 70 valence electrons. The molecular weight excluding hydrogens is 166 g/mol. The van der Waals surface area contributed by atoms with Gasteiger partial charge in [-0.15, -0.1) is 0 Å². The molecule has 0 radical (unpaired) electrons. The summed E-state index contributed by atoms with van der Waals surface area (Å²) < 4.78 is 1.77. The molecule has 1 aromatic heterocycles. The Kier molecular flexibility index (Phi) is 2.84. The van der Waals surface area contributed by atoms with Crippen LogP contribution in [-0.2, 0) is 18.4 Å². The van der Waals surface area contributed by atoms with E-state index in [0.29, 0.717) is 6.54 Å². The van der Waals surface area contributed by atoms with Crippen molar-refractivity contribution < 1.29 is 4.79 Å². The first-order chi connectivity index (χ1) is 6.13. The minimum atomic E-state index is -0.177. The van der Waals surface area contributed by atoms with E-state index in [1.54, 1.807) is 4.68 Å². The number of hydrogen-bond donors (Lipinski definition) is 1. The molecule has 13 heavy (non-hydrogen) atoms. The molecule has 1 heterocycles. The van der Waals surface area contributed by atoms with E-state index in [4.69, 9.17) is 0 Å². The Morgan fingerprint density at radius 1 is 1.85 bits per heavy atom. The van der Waals surface area contributed by atoms with Crippen LogP contribution < -0.4 is 5.32 Å². The Balaban J connectivity index is 2.55. The van der Waals surface area contributed by atoms with E-state index in [1.165, 1.54) is 6.08 Å². The van der Waals surface area contributed by atoms with Crippen molar-refractivity contribution >= 4 is 5.91 Å². The molecule has 4 heteroatoms. The molecule has 0 atom stereocenters. The highest BCUT2D eigenvalue weighted by molar-refractivity contribution is 5.86. The van der Waals surface area contributed by atoms with Gasteiger partial charge in [-0.25, -0.2) is 0 Å². The fourth-order valence-electron chi connectivity index (χ4n) is 0.971. The predicted molar refractivity (Wildman–Crippen MR) is 50.0 cm³/mol. The quantitative estimate of drug-likeness (QED) is 0.688. The zero-order valence-electron chi connectivity index (χ0n) is 7.87. The SMILES string of the molecule is C=CC(=O)NCc1cc(C)n(C)n1. The van der Waals surface area contributed by atoms with E-state index < -0.39 is 0 Å². The summed E-state index contributed by atoms with van der Waals surface area (Å²) in [7, 11) is 1.87. The van der Waals surface area contributed by atoms with Gasteiger partial charge in [-0.1, -0.05) is 6.58 Å². The van der Waals surface area contributed by atoms with Gasteiger partial charge in [-0.2, -0.15) is 5.10 Å². The fraction of sp³-hybridized carbons (Fsp3) is 0.333. The van der Waals surface area contributed by atoms with Crippen molar-refractivity contribution in [2.45, 2.75) is 13.5 Å². The third kappa shape index (κ3) is 2.43. The van der Waals surface area contributed by atoms with Crippen molar-refractivity contribution in [2.75, 3.05) is 0 Å². The molecule has 1 amide bonds. The van der Waals surface area contributed by atoms with Crippen molar-refractivity contribution in [1.82, 2.24) is 15.1 Å². The summed E-state index contributed by atoms with van der Waals surface area (Å²) >= 11 is 0. The van der Waals surface area contributed by atoms with Gasteiger partial charge >= 0.3 is 0 Å². The summed E-state index contributed by atoms with van der Waals surface area (Å²) in [6.45, 7) is 5.77. The number of amides is 1. The van der Waals surface area contributed by atoms with E-state index in [1.807, 2.05) is 20.0 Å². The minimum absolute atomic E-state index is 0.177. The van der Waals surface area contributed by atoms with E-state index in [0.717, 1.165) is 11.4 Å². The van der Waals surface area contributed by atoms with Crippen molar-refractivity contribution in [3.8, 4) is 0 Å². The molecule has 0 aliphatic heterocycles. The lowest BCUT2D eigenvalue weighted by molar-refractivity contribution is -0.116. The number of carbonyl (C=O) groups excluding carboxylic acids is 1. The lowest BCUT2D eigenvalue weighted by Gasteiger charge is -1.96. The first kappa shape index (κ1) is 9.51. The van der Waals surface area contributed by atoms with Crippen LogP contribution in [0.4, 0.5) is 0 Å². The van der Waals surface area contributed by atoms with E-state index >= 15 is 0 Å². The van der Waals surface area contributed by atoms with Crippen LogP contribution in [0.15, 0.2) is 18.7 Å². The molecule has 1 N–H and O–H groups in total. The predicted octanol–water partition coefficient (Wildman–Crippen LogP) is 0.531. The Hall–Kier alpha value is -1.58. The standard InChI is InChI=1S/C9H13N3O/c1-4-9(13)10-6-8-5-7(2)12(3)11-8/h4-5H,1,6H2,2-3H3,(H,10,13). The largest absolute Gasteiger partial charge is 0.347 e. The molecule has 0 aliphatic carbocycles. The van der Waals surface area contributed by atoms with E-state index in [9.17, 15) is 4.79 Å². The van der Waals surface area contributed by atoms with Gasteiger partial charge in [0.2, 0.25) is 5.91 Å². The van der Waals surface area contributed by atoms with Crippen LogP contribution >= 0.6 is 0 Å². The molecule has 0 saturated heterocycles. The number of rotatable bonds is 3. The van der Waals surface area contributed by atoms with Gasteiger partial charge in [0.1, 0.15) is 0 Å². The third-order valence-corrected chi connectivity index (χ3v) is 1.79. The average molecular weight is 179 g/mol. The maximum absolute atomic E-state index is 10.8. The highest BCUT2D eigenvalue weighted by Gasteiger charge is 2.01. The molecule has 0 unspecified atom stereocenters. The maximum Gasteiger partial charge on any atom is 0.243 e.